The van der Waals surface area contributed by atoms with Crippen LogP contribution in [-0.4, -0.2) is 49.2 Å². The number of rotatable bonds is 51. The van der Waals surface area contributed by atoms with E-state index in [2.05, 4.69) is 57.2 Å². The molecule has 1 heterocycles. The Hall–Kier alpha value is -3.23. The van der Waals surface area contributed by atoms with E-state index in [1.807, 2.05) is 0 Å². The lowest BCUT2D eigenvalue weighted by molar-refractivity contribution is -0.167. The summed E-state index contributed by atoms with van der Waals surface area (Å²) in [4.78, 5) is 62.5. The average molecular weight is 984 g/mol. The third kappa shape index (κ3) is 41.4. The summed E-state index contributed by atoms with van der Waals surface area (Å²) in [5.74, 6) is -2.18. The predicted octanol–water partition coefficient (Wildman–Crippen LogP) is 17.4. The van der Waals surface area contributed by atoms with Gasteiger partial charge in [-0.2, -0.15) is 0 Å². The van der Waals surface area contributed by atoms with Crippen LogP contribution in [0.1, 0.15) is 290 Å². The highest BCUT2D eigenvalue weighted by Gasteiger charge is 2.37. The van der Waals surface area contributed by atoms with E-state index in [4.69, 9.17) is 18.9 Å². The molecule has 9 nitrogen and oxygen atoms in total. The molecule has 0 bridgehead atoms. The van der Waals surface area contributed by atoms with Gasteiger partial charge in [-0.1, -0.05) is 211 Å². The molecule has 0 aromatic carbocycles. The molecule has 1 saturated heterocycles. The van der Waals surface area contributed by atoms with Gasteiger partial charge >= 0.3 is 29.8 Å². The molecule has 3 unspecified atom stereocenters. The smallest absolute Gasteiger partial charge is 0.317 e. The molecule has 3 atom stereocenters. The van der Waals surface area contributed by atoms with Gasteiger partial charge in [0.1, 0.15) is 13.2 Å². The van der Waals surface area contributed by atoms with Crippen LogP contribution in [0.2, 0.25) is 0 Å². The van der Waals surface area contributed by atoms with E-state index in [0.29, 0.717) is 12.8 Å². The lowest BCUT2D eigenvalue weighted by atomic mass is 9.86. The zero-order chi connectivity index (χ0) is 50.8. The molecule has 0 aromatic heterocycles. The van der Waals surface area contributed by atoms with Gasteiger partial charge in [0.05, 0.1) is 12.3 Å². The minimum atomic E-state index is -0.835. The van der Waals surface area contributed by atoms with Crippen LogP contribution in [0.25, 0.3) is 0 Å². The summed E-state index contributed by atoms with van der Waals surface area (Å²) in [6.07, 6.45) is 56.9. The summed E-state index contributed by atoms with van der Waals surface area (Å²) in [6.45, 7) is 6.46. The molecular formula is C61H106O9. The Kier molecular flexibility index (Phi) is 45.7. The number of allylic oxidation sites excluding steroid dienone is 6. The monoisotopic (exact) mass is 983 g/mol. The van der Waals surface area contributed by atoms with E-state index in [9.17, 15) is 24.0 Å². The number of hydrogen-bond acceptors (Lipinski definition) is 9. The summed E-state index contributed by atoms with van der Waals surface area (Å²) < 4.78 is 21.7. The highest BCUT2D eigenvalue weighted by molar-refractivity contribution is 5.94. The highest BCUT2D eigenvalue weighted by atomic mass is 16.6. The molecule has 0 aliphatic carbocycles. The van der Waals surface area contributed by atoms with Gasteiger partial charge in [0, 0.05) is 19.3 Å². The maximum absolute atomic E-state index is 12.9. The van der Waals surface area contributed by atoms with Gasteiger partial charge in [0.15, 0.2) is 6.10 Å². The quantitative estimate of drug-likeness (QED) is 0.0193. The topological polar surface area (TPSA) is 122 Å². The van der Waals surface area contributed by atoms with Crippen LogP contribution >= 0.6 is 0 Å². The third-order valence-corrected chi connectivity index (χ3v) is 13.6. The van der Waals surface area contributed by atoms with E-state index < -0.39 is 12.1 Å². The molecular weight excluding hydrogens is 877 g/mol. The first-order chi connectivity index (χ1) is 34.3. The molecule has 0 radical (unpaired) electrons. The number of esters is 5. The number of cyclic esters (lactones) is 2. The second kappa shape index (κ2) is 49.4. The molecule has 404 valence electrons. The van der Waals surface area contributed by atoms with Crippen molar-refractivity contribution in [2.24, 2.45) is 11.8 Å². The van der Waals surface area contributed by atoms with Crippen LogP contribution < -0.4 is 0 Å². The summed E-state index contributed by atoms with van der Waals surface area (Å²) in [6, 6.07) is 0. The van der Waals surface area contributed by atoms with Gasteiger partial charge in [-0.05, 0) is 95.8 Å². The summed E-state index contributed by atoms with van der Waals surface area (Å²) in [7, 11) is 0. The van der Waals surface area contributed by atoms with E-state index in [1.165, 1.54) is 122 Å². The van der Waals surface area contributed by atoms with Crippen molar-refractivity contribution < 1.29 is 42.9 Å². The molecule has 9 heteroatoms. The van der Waals surface area contributed by atoms with E-state index in [1.54, 1.807) is 0 Å². The fourth-order valence-corrected chi connectivity index (χ4v) is 9.12. The van der Waals surface area contributed by atoms with Crippen LogP contribution in [0.5, 0.6) is 0 Å². The number of hydrogen-bond donors (Lipinski definition) is 0. The van der Waals surface area contributed by atoms with Gasteiger partial charge in [0.2, 0.25) is 0 Å². The lowest BCUT2D eigenvalue weighted by Crippen LogP contribution is -2.30. The van der Waals surface area contributed by atoms with Crippen molar-refractivity contribution >= 4 is 29.8 Å². The molecule has 0 saturated carbocycles. The van der Waals surface area contributed by atoms with Crippen molar-refractivity contribution in [3.05, 3.63) is 36.5 Å². The summed E-state index contributed by atoms with van der Waals surface area (Å²) in [5.41, 5.74) is 0. The minimum Gasteiger partial charge on any atom is -0.462 e. The largest absolute Gasteiger partial charge is 0.462 e. The van der Waals surface area contributed by atoms with Crippen molar-refractivity contribution in [2.45, 2.75) is 297 Å². The second-order valence-corrected chi connectivity index (χ2v) is 20.4. The highest BCUT2D eigenvalue weighted by Crippen LogP contribution is 2.30. The first-order valence-corrected chi connectivity index (χ1v) is 29.5. The van der Waals surface area contributed by atoms with Gasteiger partial charge in [0.25, 0.3) is 0 Å². The van der Waals surface area contributed by atoms with Gasteiger partial charge in [-0.15, -0.1) is 0 Å². The van der Waals surface area contributed by atoms with E-state index in [0.717, 1.165) is 116 Å². The zero-order valence-corrected chi connectivity index (χ0v) is 45.5. The lowest BCUT2D eigenvalue weighted by Gasteiger charge is -2.18. The minimum absolute atomic E-state index is 0.0236. The van der Waals surface area contributed by atoms with Gasteiger partial charge < -0.3 is 18.9 Å². The Morgan fingerprint density at radius 3 is 1.19 bits per heavy atom. The SMILES string of the molecule is CCCCCCCC/C=C\CCCCCCCC(=O)OCC(COC(=O)CCCCCC/C=C/C(CCCCCCCC)C1CC(=O)OC1=O)OC(=O)CCCCCCC/C=C\CCCCCCCC. The molecule has 0 aromatic rings. The fraction of sp³-hybridized carbons (Fsp3) is 0.820. The van der Waals surface area contributed by atoms with E-state index in [-0.39, 0.29) is 68.2 Å². The Morgan fingerprint density at radius 1 is 0.457 bits per heavy atom. The van der Waals surface area contributed by atoms with Crippen molar-refractivity contribution in [2.75, 3.05) is 13.2 Å². The number of unbranched alkanes of at least 4 members (excludes halogenated alkanes) is 31. The number of ether oxygens (including phenoxy) is 4. The van der Waals surface area contributed by atoms with Gasteiger partial charge in [-0.3, -0.25) is 24.0 Å². The molecule has 0 N–H and O–H groups in total. The standard InChI is InChI=1S/C61H106O9/c1-4-7-10-13-16-18-20-22-24-26-28-30-32-38-43-48-57(62)67-52-55(69-59(64)50-45-40-33-31-29-27-25-23-21-19-17-14-11-8-5-2)53-68-58(63)49-44-39-35-34-37-42-47-54(46-41-36-15-12-9-6-3)56-51-60(65)70-61(56)66/h22-25,42,47,54-56H,4-21,26-41,43-46,48-53H2,1-3H3/b24-22-,25-23-,47-42+. The Morgan fingerprint density at radius 2 is 0.800 bits per heavy atom. The molecule has 1 fully saturated rings. The van der Waals surface area contributed by atoms with Gasteiger partial charge in [-0.25, -0.2) is 0 Å². The third-order valence-electron chi connectivity index (χ3n) is 13.6. The van der Waals surface area contributed by atoms with Crippen LogP contribution in [0.15, 0.2) is 36.5 Å². The normalized spacial score (nSPS) is 14.8. The summed E-state index contributed by atoms with van der Waals surface area (Å²) in [5, 5.41) is 0. The van der Waals surface area contributed by atoms with Crippen LogP contribution in [0.4, 0.5) is 0 Å². The molecule has 70 heavy (non-hydrogen) atoms. The van der Waals surface area contributed by atoms with Crippen molar-refractivity contribution in [1.29, 1.82) is 0 Å². The zero-order valence-electron chi connectivity index (χ0n) is 45.5. The first-order valence-electron chi connectivity index (χ1n) is 29.5. The number of carbonyl (C=O) groups excluding carboxylic acids is 5. The Labute approximate surface area is 429 Å². The maximum atomic E-state index is 12.9. The van der Waals surface area contributed by atoms with Crippen LogP contribution in [0, 0.1) is 11.8 Å². The average Bonchev–Trinajstić information content (AvgIpc) is 3.69. The second-order valence-electron chi connectivity index (χ2n) is 20.4. The molecule has 1 aliphatic heterocycles. The predicted molar refractivity (Wildman–Crippen MR) is 288 cm³/mol. The molecule has 0 amide bonds. The summed E-state index contributed by atoms with van der Waals surface area (Å²) >= 11 is 0. The molecule has 0 spiro atoms. The van der Waals surface area contributed by atoms with Crippen molar-refractivity contribution in [3.63, 3.8) is 0 Å². The van der Waals surface area contributed by atoms with Crippen LogP contribution in [-0.2, 0) is 42.9 Å². The maximum Gasteiger partial charge on any atom is 0.317 e. The van der Waals surface area contributed by atoms with Crippen molar-refractivity contribution in [3.8, 4) is 0 Å². The van der Waals surface area contributed by atoms with Crippen molar-refractivity contribution in [1.82, 2.24) is 0 Å². The Bertz CT molecular complexity index is 1370. The first kappa shape index (κ1) is 64.8. The fourth-order valence-electron chi connectivity index (χ4n) is 9.12. The van der Waals surface area contributed by atoms with E-state index >= 15 is 0 Å². The molecule has 1 aliphatic rings. The Balaban J connectivity index is 2.43. The number of carbonyl (C=O) groups is 5. The van der Waals surface area contributed by atoms with Crippen LogP contribution in [0.3, 0.4) is 0 Å². The molecule has 1 rings (SSSR count).